The highest BCUT2D eigenvalue weighted by Gasteiger charge is 2.35. The van der Waals surface area contributed by atoms with Crippen LogP contribution in [0.2, 0.25) is 0 Å². The lowest BCUT2D eigenvalue weighted by Gasteiger charge is -2.43. The van der Waals surface area contributed by atoms with Crippen LogP contribution in [0.15, 0.2) is 5.51 Å². The van der Waals surface area contributed by atoms with E-state index in [1.165, 1.54) is 50.9 Å². The maximum absolute atomic E-state index is 4.52. The van der Waals surface area contributed by atoms with Crippen molar-refractivity contribution in [3.8, 4) is 0 Å². The van der Waals surface area contributed by atoms with Crippen molar-refractivity contribution in [3.63, 3.8) is 0 Å². The van der Waals surface area contributed by atoms with E-state index in [4.69, 9.17) is 0 Å². The minimum Gasteiger partial charge on any atom is -0.300 e. The normalized spacial score (nSPS) is 29.8. The molecule has 0 bridgehead atoms. The number of fused-ring (bicyclic) bond motifs is 2. The lowest BCUT2D eigenvalue weighted by Crippen LogP contribution is -2.49. The zero-order valence-electron chi connectivity index (χ0n) is 9.98. The molecule has 1 aliphatic heterocycles. The van der Waals surface area contributed by atoms with E-state index in [2.05, 4.69) is 16.8 Å². The highest BCUT2D eigenvalue weighted by molar-refractivity contribution is 7.09. The zero-order chi connectivity index (χ0) is 11.0. The Hall–Kier alpha value is -0.410. The molecule has 1 saturated heterocycles. The molecule has 2 atom stereocenters. The van der Waals surface area contributed by atoms with E-state index >= 15 is 0 Å². The van der Waals surface area contributed by atoms with Gasteiger partial charge in [-0.05, 0) is 51.1 Å². The molecule has 2 heterocycles. The highest BCUT2D eigenvalue weighted by atomic mass is 32.1. The monoisotopic (exact) mass is 236 g/mol. The van der Waals surface area contributed by atoms with E-state index in [1.807, 2.05) is 16.8 Å². The molecule has 2 nitrogen and oxygen atoms in total. The summed E-state index contributed by atoms with van der Waals surface area (Å²) in [5, 5.41) is 0. The smallest absolute Gasteiger partial charge is 0.0797 e. The summed E-state index contributed by atoms with van der Waals surface area (Å²) >= 11 is 1.86. The first-order chi connectivity index (χ1) is 7.88. The van der Waals surface area contributed by atoms with Crippen LogP contribution in [0.3, 0.4) is 0 Å². The Bertz CT molecular complexity index is 359. The second-order valence-corrected chi connectivity index (χ2v) is 6.08. The number of nitrogens with zero attached hydrogens (tertiary/aromatic N) is 2. The van der Waals surface area contributed by atoms with Crippen molar-refractivity contribution in [2.45, 2.75) is 45.1 Å². The van der Waals surface area contributed by atoms with E-state index in [0.717, 1.165) is 12.0 Å². The minimum atomic E-state index is 0.821. The molecule has 3 heteroatoms. The molecule has 2 unspecified atom stereocenters. The second kappa shape index (κ2) is 4.46. The van der Waals surface area contributed by atoms with Gasteiger partial charge in [0.2, 0.25) is 0 Å². The number of aromatic nitrogens is 1. The van der Waals surface area contributed by atoms with E-state index in [0.29, 0.717) is 0 Å². The van der Waals surface area contributed by atoms with Gasteiger partial charge in [-0.2, -0.15) is 0 Å². The first-order valence-electron chi connectivity index (χ1n) is 6.53. The molecule has 0 spiro atoms. The summed E-state index contributed by atoms with van der Waals surface area (Å²) in [6.45, 7) is 4.91. The van der Waals surface area contributed by atoms with Crippen LogP contribution < -0.4 is 0 Å². The Morgan fingerprint density at radius 2 is 2.44 bits per heavy atom. The van der Waals surface area contributed by atoms with Gasteiger partial charge in [0, 0.05) is 10.9 Å². The summed E-state index contributed by atoms with van der Waals surface area (Å²) in [6.07, 6.45) is 6.61. The van der Waals surface area contributed by atoms with Gasteiger partial charge in [0.25, 0.3) is 0 Å². The highest BCUT2D eigenvalue weighted by Crippen LogP contribution is 2.35. The van der Waals surface area contributed by atoms with Crippen LogP contribution >= 0.6 is 11.3 Å². The number of thiazole rings is 1. The fourth-order valence-electron chi connectivity index (χ4n) is 3.38. The standard InChI is InChI=1S/C13H20N2S/c1-2-5-15-6-3-4-10-7-11-13(8-12(10)15)16-9-14-11/h9-10,12H,2-8H2,1H3. The van der Waals surface area contributed by atoms with Crippen LogP contribution in [0, 0.1) is 5.92 Å². The molecular formula is C13H20N2S. The predicted molar refractivity (Wildman–Crippen MR) is 67.9 cm³/mol. The molecule has 1 fully saturated rings. The van der Waals surface area contributed by atoms with Crippen LogP contribution in [-0.2, 0) is 12.8 Å². The van der Waals surface area contributed by atoms with Crippen molar-refractivity contribution in [2.75, 3.05) is 13.1 Å². The van der Waals surface area contributed by atoms with Gasteiger partial charge < -0.3 is 0 Å². The number of rotatable bonds is 2. The first kappa shape index (κ1) is 10.7. The Morgan fingerprint density at radius 1 is 1.50 bits per heavy atom. The fourth-order valence-corrected chi connectivity index (χ4v) is 4.22. The van der Waals surface area contributed by atoms with Crippen molar-refractivity contribution >= 4 is 11.3 Å². The summed E-state index contributed by atoms with van der Waals surface area (Å²) in [4.78, 5) is 8.81. The third kappa shape index (κ3) is 1.80. The molecule has 2 aliphatic rings. The van der Waals surface area contributed by atoms with Gasteiger partial charge in [-0.15, -0.1) is 11.3 Å². The van der Waals surface area contributed by atoms with Gasteiger partial charge in [0.15, 0.2) is 0 Å². The van der Waals surface area contributed by atoms with Crippen LogP contribution in [0.25, 0.3) is 0 Å². The SMILES string of the molecule is CCCN1CCCC2Cc3ncsc3CC21. The number of piperidine rings is 1. The molecular weight excluding hydrogens is 216 g/mol. The Labute approximate surface area is 102 Å². The van der Waals surface area contributed by atoms with Gasteiger partial charge in [0.1, 0.15) is 0 Å². The lowest BCUT2D eigenvalue weighted by molar-refractivity contribution is 0.0857. The van der Waals surface area contributed by atoms with E-state index in [-0.39, 0.29) is 0 Å². The average Bonchev–Trinajstić information content (AvgIpc) is 2.74. The van der Waals surface area contributed by atoms with E-state index < -0.39 is 0 Å². The van der Waals surface area contributed by atoms with Gasteiger partial charge in [0.05, 0.1) is 11.2 Å². The van der Waals surface area contributed by atoms with Gasteiger partial charge >= 0.3 is 0 Å². The average molecular weight is 236 g/mol. The minimum absolute atomic E-state index is 0.821. The van der Waals surface area contributed by atoms with Crippen LogP contribution in [-0.4, -0.2) is 29.0 Å². The first-order valence-corrected chi connectivity index (χ1v) is 7.41. The maximum Gasteiger partial charge on any atom is 0.0797 e. The summed E-state index contributed by atoms with van der Waals surface area (Å²) in [5.74, 6) is 0.884. The van der Waals surface area contributed by atoms with Crippen LogP contribution in [0.5, 0.6) is 0 Å². The molecule has 3 rings (SSSR count). The van der Waals surface area contributed by atoms with Gasteiger partial charge in [-0.25, -0.2) is 4.98 Å². The maximum atomic E-state index is 4.52. The van der Waals surface area contributed by atoms with E-state index in [9.17, 15) is 0 Å². The molecule has 1 aromatic rings. The third-order valence-electron chi connectivity index (χ3n) is 4.12. The lowest BCUT2D eigenvalue weighted by atomic mass is 9.79. The second-order valence-electron chi connectivity index (χ2n) is 5.14. The molecule has 16 heavy (non-hydrogen) atoms. The molecule has 0 aromatic carbocycles. The van der Waals surface area contributed by atoms with Crippen LogP contribution in [0.4, 0.5) is 0 Å². The number of hydrogen-bond acceptors (Lipinski definition) is 3. The number of likely N-dealkylation sites (tertiary alicyclic amines) is 1. The van der Waals surface area contributed by atoms with Gasteiger partial charge in [-0.1, -0.05) is 6.92 Å². The van der Waals surface area contributed by atoms with Crippen LogP contribution in [0.1, 0.15) is 36.8 Å². The van der Waals surface area contributed by atoms with E-state index in [1.54, 1.807) is 4.88 Å². The number of hydrogen-bond donors (Lipinski definition) is 0. The topological polar surface area (TPSA) is 16.1 Å². The Balaban J connectivity index is 1.81. The Kier molecular flexibility index (Phi) is 2.99. The predicted octanol–water partition coefficient (Wildman–Crippen LogP) is 2.73. The molecule has 88 valence electrons. The molecule has 0 saturated carbocycles. The molecule has 0 amide bonds. The summed E-state index contributed by atoms with van der Waals surface area (Å²) < 4.78 is 0. The fraction of sp³-hybridized carbons (Fsp3) is 0.769. The summed E-state index contributed by atoms with van der Waals surface area (Å²) in [5.41, 5.74) is 3.44. The zero-order valence-corrected chi connectivity index (χ0v) is 10.8. The molecule has 1 aromatic heterocycles. The molecule has 1 aliphatic carbocycles. The molecule has 0 radical (unpaired) electrons. The van der Waals surface area contributed by atoms with Crippen molar-refractivity contribution in [2.24, 2.45) is 5.92 Å². The molecule has 0 N–H and O–H groups in total. The van der Waals surface area contributed by atoms with Crippen molar-refractivity contribution < 1.29 is 0 Å². The van der Waals surface area contributed by atoms with Gasteiger partial charge in [-0.3, -0.25) is 4.90 Å². The van der Waals surface area contributed by atoms with Crippen molar-refractivity contribution in [1.82, 2.24) is 9.88 Å². The third-order valence-corrected chi connectivity index (χ3v) is 5.02. The largest absolute Gasteiger partial charge is 0.300 e. The summed E-state index contributed by atoms with van der Waals surface area (Å²) in [7, 11) is 0. The summed E-state index contributed by atoms with van der Waals surface area (Å²) in [6, 6.07) is 0.821. The Morgan fingerprint density at radius 3 is 3.31 bits per heavy atom. The quantitative estimate of drug-likeness (QED) is 0.785. The van der Waals surface area contributed by atoms with Crippen molar-refractivity contribution in [1.29, 1.82) is 0 Å². The van der Waals surface area contributed by atoms with Crippen molar-refractivity contribution in [3.05, 3.63) is 16.1 Å².